The van der Waals surface area contributed by atoms with Crippen LogP contribution in [-0.2, 0) is 9.59 Å². The lowest BCUT2D eigenvalue weighted by Crippen LogP contribution is -2.21. The average Bonchev–Trinajstić information content (AvgIpc) is 2.78. The van der Waals surface area contributed by atoms with E-state index in [1.54, 1.807) is 48.5 Å². The van der Waals surface area contributed by atoms with Crippen LogP contribution in [0.5, 0.6) is 5.75 Å². The van der Waals surface area contributed by atoms with Crippen LogP contribution in [0.4, 0.5) is 15.8 Å². The third-order valence-electron chi connectivity index (χ3n) is 4.23. The largest absolute Gasteiger partial charge is 0.483 e. The predicted octanol–water partition coefficient (Wildman–Crippen LogP) is 5.80. The van der Waals surface area contributed by atoms with Gasteiger partial charge in [0.05, 0.1) is 5.69 Å². The minimum atomic E-state index is -0.636. The molecule has 6 nitrogen and oxygen atoms in total. The SMILES string of the molecule is N#C/C(=C/c1cc(Br)ccc1OCC(=O)Nc1ccccc1F)C(=O)Nc1cccc(Cl)c1. The lowest BCUT2D eigenvalue weighted by molar-refractivity contribution is -0.118. The van der Waals surface area contributed by atoms with E-state index in [0.29, 0.717) is 20.7 Å². The van der Waals surface area contributed by atoms with Crippen LogP contribution < -0.4 is 15.4 Å². The summed E-state index contributed by atoms with van der Waals surface area (Å²) in [5.74, 6) is -1.52. The summed E-state index contributed by atoms with van der Waals surface area (Å²) >= 11 is 9.26. The Kier molecular flexibility index (Phi) is 8.19. The molecule has 0 radical (unpaired) electrons. The Balaban J connectivity index is 1.75. The molecule has 0 fully saturated rings. The molecular formula is C24H16BrClFN3O3. The second-order valence-electron chi connectivity index (χ2n) is 6.63. The van der Waals surface area contributed by atoms with E-state index in [-0.39, 0.29) is 17.0 Å². The fourth-order valence-corrected chi connectivity index (χ4v) is 3.29. The highest BCUT2D eigenvalue weighted by Crippen LogP contribution is 2.26. The first-order valence-corrected chi connectivity index (χ1v) is 10.7. The lowest BCUT2D eigenvalue weighted by Gasteiger charge is -2.11. The number of anilines is 2. The van der Waals surface area contributed by atoms with Crippen LogP contribution >= 0.6 is 27.5 Å². The number of nitrogens with zero attached hydrogens (tertiary/aromatic N) is 1. The molecule has 3 aromatic rings. The molecule has 2 amide bonds. The van der Waals surface area contributed by atoms with Gasteiger partial charge in [-0.1, -0.05) is 45.7 Å². The molecule has 9 heteroatoms. The lowest BCUT2D eigenvalue weighted by atomic mass is 10.1. The third-order valence-corrected chi connectivity index (χ3v) is 4.95. The zero-order chi connectivity index (χ0) is 23.8. The molecule has 0 saturated carbocycles. The maximum absolute atomic E-state index is 13.7. The molecule has 166 valence electrons. The Hall–Kier alpha value is -3.67. The molecular weight excluding hydrogens is 513 g/mol. The summed E-state index contributed by atoms with van der Waals surface area (Å²) in [6.07, 6.45) is 1.34. The first-order valence-electron chi connectivity index (χ1n) is 9.51. The Morgan fingerprint density at radius 1 is 1.09 bits per heavy atom. The van der Waals surface area contributed by atoms with Crippen LogP contribution in [0.3, 0.4) is 0 Å². The maximum atomic E-state index is 13.7. The summed E-state index contributed by atoms with van der Waals surface area (Å²) in [7, 11) is 0. The number of carbonyl (C=O) groups excluding carboxylic acids is 2. The van der Waals surface area contributed by atoms with Gasteiger partial charge in [-0.05, 0) is 54.6 Å². The van der Waals surface area contributed by atoms with Crippen molar-refractivity contribution in [3.8, 4) is 11.8 Å². The number of nitriles is 1. The molecule has 33 heavy (non-hydrogen) atoms. The van der Waals surface area contributed by atoms with Gasteiger partial charge in [-0.3, -0.25) is 9.59 Å². The number of carbonyl (C=O) groups is 2. The number of nitrogens with one attached hydrogen (secondary N) is 2. The van der Waals surface area contributed by atoms with Gasteiger partial charge in [-0.2, -0.15) is 5.26 Å². The zero-order valence-corrected chi connectivity index (χ0v) is 19.3. The quantitative estimate of drug-likeness (QED) is 0.299. The van der Waals surface area contributed by atoms with Crippen molar-refractivity contribution in [3.05, 3.63) is 93.2 Å². The third kappa shape index (κ3) is 6.91. The van der Waals surface area contributed by atoms with Crippen molar-refractivity contribution in [1.29, 1.82) is 5.26 Å². The molecule has 0 unspecified atom stereocenters. The van der Waals surface area contributed by atoms with E-state index in [2.05, 4.69) is 26.6 Å². The molecule has 2 N–H and O–H groups in total. The molecule has 0 aromatic heterocycles. The fourth-order valence-electron chi connectivity index (χ4n) is 2.72. The highest BCUT2D eigenvalue weighted by molar-refractivity contribution is 9.10. The van der Waals surface area contributed by atoms with Crippen LogP contribution in [0.15, 0.2) is 76.8 Å². The molecule has 0 bridgehead atoms. The summed E-state index contributed by atoms with van der Waals surface area (Å²) in [6, 6.07) is 19.0. The van der Waals surface area contributed by atoms with E-state index in [0.717, 1.165) is 0 Å². The van der Waals surface area contributed by atoms with Gasteiger partial charge in [-0.25, -0.2) is 4.39 Å². The predicted molar refractivity (Wildman–Crippen MR) is 128 cm³/mol. The Labute approximate surface area is 202 Å². The van der Waals surface area contributed by atoms with Crippen LogP contribution in [-0.4, -0.2) is 18.4 Å². The van der Waals surface area contributed by atoms with Crippen molar-refractivity contribution < 1.29 is 18.7 Å². The van der Waals surface area contributed by atoms with Crippen LogP contribution in [0.25, 0.3) is 6.08 Å². The molecule has 3 aromatic carbocycles. The van der Waals surface area contributed by atoms with E-state index >= 15 is 0 Å². The Bertz CT molecular complexity index is 1270. The summed E-state index contributed by atoms with van der Waals surface area (Å²) in [5.41, 5.74) is 0.672. The van der Waals surface area contributed by atoms with E-state index < -0.39 is 24.2 Å². The molecule has 0 aliphatic rings. The van der Waals surface area contributed by atoms with Gasteiger partial charge in [0, 0.05) is 20.7 Å². The smallest absolute Gasteiger partial charge is 0.266 e. The van der Waals surface area contributed by atoms with Gasteiger partial charge in [0.2, 0.25) is 0 Å². The van der Waals surface area contributed by atoms with Crippen molar-refractivity contribution in [2.45, 2.75) is 0 Å². The number of ether oxygens (including phenoxy) is 1. The molecule has 0 spiro atoms. The number of rotatable bonds is 7. The first-order chi connectivity index (χ1) is 15.9. The van der Waals surface area contributed by atoms with Crippen LogP contribution in [0.1, 0.15) is 5.56 Å². The van der Waals surface area contributed by atoms with Crippen LogP contribution in [0, 0.1) is 17.1 Å². The summed E-state index contributed by atoms with van der Waals surface area (Å²) in [5, 5.41) is 15.0. The zero-order valence-electron chi connectivity index (χ0n) is 16.9. The van der Waals surface area contributed by atoms with Gasteiger partial charge in [0.1, 0.15) is 23.2 Å². The van der Waals surface area contributed by atoms with Gasteiger partial charge >= 0.3 is 0 Å². The van der Waals surface area contributed by atoms with E-state index in [4.69, 9.17) is 16.3 Å². The van der Waals surface area contributed by atoms with Crippen molar-refractivity contribution in [2.24, 2.45) is 0 Å². The number of hydrogen-bond acceptors (Lipinski definition) is 4. The normalized spacial score (nSPS) is 10.8. The van der Waals surface area contributed by atoms with Crippen molar-refractivity contribution in [2.75, 3.05) is 17.2 Å². The van der Waals surface area contributed by atoms with Gasteiger partial charge in [-0.15, -0.1) is 0 Å². The van der Waals surface area contributed by atoms with Crippen LogP contribution in [0.2, 0.25) is 5.02 Å². The topological polar surface area (TPSA) is 91.2 Å². The second-order valence-corrected chi connectivity index (χ2v) is 7.99. The minimum absolute atomic E-state index is 0.0338. The highest BCUT2D eigenvalue weighted by Gasteiger charge is 2.13. The Morgan fingerprint density at radius 2 is 1.88 bits per heavy atom. The van der Waals surface area contributed by atoms with Gasteiger partial charge in [0.25, 0.3) is 11.8 Å². The average molecular weight is 529 g/mol. The number of amides is 2. The van der Waals surface area contributed by atoms with Gasteiger partial charge in [0.15, 0.2) is 6.61 Å². The maximum Gasteiger partial charge on any atom is 0.266 e. The summed E-state index contributed by atoms with van der Waals surface area (Å²) < 4.78 is 20.0. The van der Waals surface area contributed by atoms with Crippen molar-refractivity contribution >= 4 is 56.8 Å². The van der Waals surface area contributed by atoms with Gasteiger partial charge < -0.3 is 15.4 Å². The van der Waals surface area contributed by atoms with Crippen molar-refractivity contribution in [1.82, 2.24) is 0 Å². The fraction of sp³-hybridized carbons (Fsp3) is 0.0417. The molecule has 0 saturated heterocycles. The highest BCUT2D eigenvalue weighted by atomic mass is 79.9. The molecule has 0 aliphatic carbocycles. The minimum Gasteiger partial charge on any atom is -0.483 e. The number of halogens is 3. The number of benzene rings is 3. The monoisotopic (exact) mass is 527 g/mol. The van der Waals surface area contributed by atoms with Crippen molar-refractivity contribution in [3.63, 3.8) is 0 Å². The first kappa shape index (κ1) is 24.0. The summed E-state index contributed by atoms with van der Waals surface area (Å²) in [6.45, 7) is -0.409. The Morgan fingerprint density at radius 3 is 2.61 bits per heavy atom. The van der Waals surface area contributed by atoms with E-state index in [1.165, 1.54) is 24.3 Å². The standard InChI is InChI=1S/C24H16BrClFN3O3/c25-17-8-9-22(33-14-23(31)30-21-7-2-1-6-20(21)27)15(11-17)10-16(13-28)24(32)29-19-5-3-4-18(26)12-19/h1-12H,14H2,(H,29,32)(H,30,31)/b16-10-. The molecule has 3 rings (SSSR count). The molecule has 0 atom stereocenters. The second kappa shape index (κ2) is 11.3. The van der Waals surface area contributed by atoms with E-state index in [9.17, 15) is 19.2 Å². The van der Waals surface area contributed by atoms with E-state index in [1.807, 2.05) is 6.07 Å². The summed E-state index contributed by atoms with van der Waals surface area (Å²) in [4.78, 5) is 24.7. The molecule has 0 aliphatic heterocycles. The number of para-hydroxylation sites is 1. The number of hydrogen-bond donors (Lipinski definition) is 2. The molecule has 0 heterocycles.